The maximum Gasteiger partial charge on any atom is 0.226 e. The lowest BCUT2D eigenvalue weighted by Gasteiger charge is -2.35. The predicted octanol–water partition coefficient (Wildman–Crippen LogP) is 1.12. The van der Waals surface area contributed by atoms with Gasteiger partial charge in [-0.1, -0.05) is 12.8 Å². The molecule has 4 nitrogen and oxygen atoms in total. The summed E-state index contributed by atoms with van der Waals surface area (Å²) in [6, 6.07) is 0.267. The number of carbonyl (C=O) groups is 1. The van der Waals surface area contributed by atoms with E-state index in [1.807, 2.05) is 4.90 Å². The second-order valence-corrected chi connectivity index (χ2v) is 5.73. The Morgan fingerprint density at radius 3 is 2.72 bits per heavy atom. The molecule has 0 aromatic heterocycles. The molecule has 3 N–H and O–H groups in total. The van der Waals surface area contributed by atoms with Crippen molar-refractivity contribution in [2.24, 2.45) is 17.6 Å². The van der Waals surface area contributed by atoms with Gasteiger partial charge in [-0.2, -0.15) is 0 Å². The monoisotopic (exact) mass is 254 g/mol. The fourth-order valence-electron chi connectivity index (χ4n) is 3.60. The SMILES string of the molecule is NCC1CCCCC1C(=O)N1CCCC1CCO. The Bertz CT molecular complexity index is 283. The molecule has 1 saturated carbocycles. The minimum absolute atomic E-state index is 0.142. The molecule has 2 fully saturated rings. The Kier molecular flexibility index (Phi) is 5.01. The lowest BCUT2D eigenvalue weighted by molar-refractivity contribution is -0.139. The Morgan fingerprint density at radius 1 is 1.22 bits per heavy atom. The molecule has 3 unspecified atom stereocenters. The summed E-state index contributed by atoms with van der Waals surface area (Å²) in [7, 11) is 0. The fraction of sp³-hybridized carbons (Fsp3) is 0.929. The van der Waals surface area contributed by atoms with E-state index in [0.717, 1.165) is 45.1 Å². The van der Waals surface area contributed by atoms with Crippen molar-refractivity contribution in [2.75, 3.05) is 19.7 Å². The number of nitrogens with zero attached hydrogens (tertiary/aromatic N) is 1. The van der Waals surface area contributed by atoms with Gasteiger partial charge in [0.05, 0.1) is 0 Å². The second kappa shape index (κ2) is 6.53. The molecule has 2 aliphatic rings. The first-order chi connectivity index (χ1) is 8.77. The molecule has 1 aliphatic heterocycles. The molecule has 0 aromatic rings. The highest BCUT2D eigenvalue weighted by molar-refractivity contribution is 5.80. The minimum Gasteiger partial charge on any atom is -0.396 e. The van der Waals surface area contributed by atoms with E-state index in [0.29, 0.717) is 18.4 Å². The first kappa shape index (κ1) is 13.8. The van der Waals surface area contributed by atoms with Crippen LogP contribution in [0.4, 0.5) is 0 Å². The molecule has 0 radical (unpaired) electrons. The van der Waals surface area contributed by atoms with Crippen LogP contribution in [0.15, 0.2) is 0 Å². The topological polar surface area (TPSA) is 66.6 Å². The summed E-state index contributed by atoms with van der Waals surface area (Å²) in [5.74, 6) is 0.825. The average molecular weight is 254 g/mol. The normalized spacial score (nSPS) is 32.8. The van der Waals surface area contributed by atoms with E-state index in [1.165, 1.54) is 6.42 Å². The van der Waals surface area contributed by atoms with Crippen LogP contribution in [0.3, 0.4) is 0 Å². The van der Waals surface area contributed by atoms with Crippen LogP contribution < -0.4 is 5.73 Å². The van der Waals surface area contributed by atoms with E-state index in [9.17, 15) is 4.79 Å². The number of aliphatic hydroxyl groups excluding tert-OH is 1. The van der Waals surface area contributed by atoms with E-state index in [4.69, 9.17) is 10.8 Å². The highest BCUT2D eigenvalue weighted by atomic mass is 16.3. The van der Waals surface area contributed by atoms with E-state index >= 15 is 0 Å². The summed E-state index contributed by atoms with van der Waals surface area (Å²) in [6.07, 6.45) is 7.33. The fourth-order valence-corrected chi connectivity index (χ4v) is 3.60. The van der Waals surface area contributed by atoms with E-state index < -0.39 is 0 Å². The van der Waals surface area contributed by atoms with Gasteiger partial charge in [0.2, 0.25) is 5.91 Å². The third-order valence-corrected chi connectivity index (χ3v) is 4.65. The molecule has 0 bridgehead atoms. The molecule has 18 heavy (non-hydrogen) atoms. The molecule has 1 heterocycles. The second-order valence-electron chi connectivity index (χ2n) is 5.73. The summed E-state index contributed by atoms with van der Waals surface area (Å²) in [5, 5.41) is 9.08. The summed E-state index contributed by atoms with van der Waals surface area (Å²) >= 11 is 0. The van der Waals surface area contributed by atoms with Gasteiger partial charge in [-0.25, -0.2) is 0 Å². The zero-order chi connectivity index (χ0) is 13.0. The lowest BCUT2D eigenvalue weighted by atomic mass is 9.78. The summed E-state index contributed by atoms with van der Waals surface area (Å²) in [5.41, 5.74) is 5.81. The molecular formula is C14H26N2O2. The van der Waals surface area contributed by atoms with Gasteiger partial charge in [-0.05, 0) is 44.6 Å². The number of carbonyl (C=O) groups excluding carboxylic acids is 1. The summed E-state index contributed by atoms with van der Waals surface area (Å²) < 4.78 is 0. The largest absolute Gasteiger partial charge is 0.396 e. The Balaban J connectivity index is 2.00. The Labute approximate surface area is 110 Å². The van der Waals surface area contributed by atoms with E-state index in [-0.39, 0.29) is 18.6 Å². The zero-order valence-electron chi connectivity index (χ0n) is 11.2. The van der Waals surface area contributed by atoms with E-state index in [1.54, 1.807) is 0 Å². The summed E-state index contributed by atoms with van der Waals surface area (Å²) in [4.78, 5) is 14.7. The van der Waals surface area contributed by atoms with Crippen molar-refractivity contribution in [3.8, 4) is 0 Å². The van der Waals surface area contributed by atoms with Crippen molar-refractivity contribution in [1.82, 2.24) is 4.90 Å². The van der Waals surface area contributed by atoms with Gasteiger partial charge in [-0.3, -0.25) is 4.79 Å². The van der Waals surface area contributed by atoms with Crippen molar-refractivity contribution in [3.05, 3.63) is 0 Å². The molecule has 0 spiro atoms. The molecule has 1 saturated heterocycles. The summed E-state index contributed by atoms with van der Waals surface area (Å²) in [6.45, 7) is 1.69. The van der Waals surface area contributed by atoms with Gasteiger partial charge in [0.1, 0.15) is 0 Å². The van der Waals surface area contributed by atoms with Crippen LogP contribution in [0.1, 0.15) is 44.9 Å². The van der Waals surface area contributed by atoms with Gasteiger partial charge >= 0.3 is 0 Å². The first-order valence-electron chi connectivity index (χ1n) is 7.39. The lowest BCUT2D eigenvalue weighted by Crippen LogP contribution is -2.44. The Morgan fingerprint density at radius 2 is 2.00 bits per heavy atom. The number of amides is 1. The van der Waals surface area contributed by atoms with Crippen molar-refractivity contribution >= 4 is 5.91 Å². The predicted molar refractivity (Wildman–Crippen MR) is 70.9 cm³/mol. The molecule has 1 aliphatic carbocycles. The number of hydrogen-bond donors (Lipinski definition) is 2. The molecule has 104 valence electrons. The smallest absolute Gasteiger partial charge is 0.226 e. The highest BCUT2D eigenvalue weighted by Gasteiger charge is 2.37. The van der Waals surface area contributed by atoms with Gasteiger partial charge in [0.15, 0.2) is 0 Å². The highest BCUT2D eigenvalue weighted by Crippen LogP contribution is 2.33. The van der Waals surface area contributed by atoms with Crippen LogP contribution in [-0.2, 0) is 4.79 Å². The maximum atomic E-state index is 12.6. The van der Waals surface area contributed by atoms with Crippen LogP contribution >= 0.6 is 0 Å². The molecule has 3 atom stereocenters. The van der Waals surface area contributed by atoms with Crippen LogP contribution in [0.2, 0.25) is 0 Å². The average Bonchev–Trinajstić information content (AvgIpc) is 2.86. The maximum absolute atomic E-state index is 12.6. The molecule has 1 amide bonds. The van der Waals surface area contributed by atoms with Crippen molar-refractivity contribution in [3.63, 3.8) is 0 Å². The number of likely N-dealkylation sites (tertiary alicyclic amines) is 1. The van der Waals surface area contributed by atoms with Gasteiger partial charge < -0.3 is 15.7 Å². The van der Waals surface area contributed by atoms with Crippen molar-refractivity contribution in [2.45, 2.75) is 51.0 Å². The number of aliphatic hydroxyl groups is 1. The van der Waals surface area contributed by atoms with Gasteiger partial charge in [0.25, 0.3) is 0 Å². The first-order valence-corrected chi connectivity index (χ1v) is 7.39. The third kappa shape index (κ3) is 2.86. The number of nitrogens with two attached hydrogens (primary N) is 1. The van der Waals surface area contributed by atoms with Crippen molar-refractivity contribution in [1.29, 1.82) is 0 Å². The van der Waals surface area contributed by atoms with E-state index in [2.05, 4.69) is 0 Å². The Hall–Kier alpha value is -0.610. The van der Waals surface area contributed by atoms with Crippen LogP contribution in [0.25, 0.3) is 0 Å². The van der Waals surface area contributed by atoms with Crippen molar-refractivity contribution < 1.29 is 9.90 Å². The molecular weight excluding hydrogens is 228 g/mol. The van der Waals surface area contributed by atoms with Crippen LogP contribution in [0.5, 0.6) is 0 Å². The van der Waals surface area contributed by atoms with Crippen LogP contribution in [0, 0.1) is 11.8 Å². The minimum atomic E-state index is 0.142. The number of hydrogen-bond acceptors (Lipinski definition) is 3. The molecule has 0 aromatic carbocycles. The van der Waals surface area contributed by atoms with Gasteiger partial charge in [0, 0.05) is 25.1 Å². The quantitative estimate of drug-likeness (QED) is 0.790. The van der Waals surface area contributed by atoms with Gasteiger partial charge in [-0.15, -0.1) is 0 Å². The molecule has 4 heteroatoms. The zero-order valence-corrected chi connectivity index (χ0v) is 11.2. The standard InChI is InChI=1S/C14H26N2O2/c15-10-11-4-1-2-6-13(11)14(18)16-8-3-5-12(16)7-9-17/h11-13,17H,1-10,15H2. The van der Waals surface area contributed by atoms with Crippen LogP contribution in [-0.4, -0.2) is 41.7 Å². The molecule has 2 rings (SSSR count). The third-order valence-electron chi connectivity index (χ3n) is 4.65. The number of rotatable bonds is 4.